The fourth-order valence-corrected chi connectivity index (χ4v) is 1.79. The number of nitrogens with zero attached hydrogens (tertiary/aromatic N) is 2. The first-order valence-electron chi connectivity index (χ1n) is 6.96. The Labute approximate surface area is 129 Å². The molecule has 0 fully saturated rings. The smallest absolute Gasteiger partial charge is 0.256 e. The second kappa shape index (κ2) is 7.51. The summed E-state index contributed by atoms with van der Waals surface area (Å²) >= 11 is 0. The lowest BCUT2D eigenvalue weighted by Crippen LogP contribution is -2.20. The standard InChI is InChI=1S/C16H19FN4O/c1-21(2)10-9-18-14-7-8-15(19-11-14)20-16(22)12-3-5-13(17)6-4-12/h3-8,11,18H,9-10H2,1-2H3,(H,19,20,22). The van der Waals surface area contributed by atoms with E-state index in [1.165, 1.54) is 24.3 Å². The SMILES string of the molecule is CN(C)CCNc1ccc(NC(=O)c2ccc(F)cc2)nc1. The average molecular weight is 302 g/mol. The van der Waals surface area contributed by atoms with Crippen molar-refractivity contribution in [2.24, 2.45) is 0 Å². The van der Waals surface area contributed by atoms with Crippen LogP contribution in [0.15, 0.2) is 42.6 Å². The van der Waals surface area contributed by atoms with Gasteiger partial charge in [0.25, 0.3) is 5.91 Å². The molecule has 2 aromatic rings. The maximum absolute atomic E-state index is 12.8. The normalized spacial score (nSPS) is 10.5. The summed E-state index contributed by atoms with van der Waals surface area (Å²) in [6, 6.07) is 8.94. The first kappa shape index (κ1) is 15.9. The summed E-state index contributed by atoms with van der Waals surface area (Å²) in [6.07, 6.45) is 1.66. The van der Waals surface area contributed by atoms with E-state index >= 15 is 0 Å². The summed E-state index contributed by atoms with van der Waals surface area (Å²) in [5.41, 5.74) is 1.28. The summed E-state index contributed by atoms with van der Waals surface area (Å²) in [5, 5.41) is 5.91. The highest BCUT2D eigenvalue weighted by molar-refractivity contribution is 6.03. The number of pyridine rings is 1. The quantitative estimate of drug-likeness (QED) is 0.860. The van der Waals surface area contributed by atoms with Gasteiger partial charge in [0.2, 0.25) is 0 Å². The number of aromatic nitrogens is 1. The Hall–Kier alpha value is -2.47. The third-order valence-corrected chi connectivity index (χ3v) is 3.00. The number of halogens is 1. The number of hydrogen-bond donors (Lipinski definition) is 2. The molecule has 5 nitrogen and oxygen atoms in total. The van der Waals surface area contributed by atoms with Crippen LogP contribution >= 0.6 is 0 Å². The van der Waals surface area contributed by atoms with Gasteiger partial charge in [-0.05, 0) is 50.5 Å². The Kier molecular flexibility index (Phi) is 5.43. The summed E-state index contributed by atoms with van der Waals surface area (Å²) in [5.74, 6) is -0.240. The van der Waals surface area contributed by atoms with Gasteiger partial charge in [0.05, 0.1) is 11.9 Å². The highest BCUT2D eigenvalue weighted by Crippen LogP contribution is 2.11. The van der Waals surface area contributed by atoms with E-state index in [4.69, 9.17) is 0 Å². The fourth-order valence-electron chi connectivity index (χ4n) is 1.79. The molecule has 1 heterocycles. The predicted molar refractivity (Wildman–Crippen MR) is 85.6 cm³/mol. The maximum Gasteiger partial charge on any atom is 0.256 e. The van der Waals surface area contributed by atoms with Gasteiger partial charge in [0.15, 0.2) is 0 Å². The van der Waals surface area contributed by atoms with Gasteiger partial charge in [-0.1, -0.05) is 0 Å². The molecule has 0 spiro atoms. The summed E-state index contributed by atoms with van der Waals surface area (Å²) < 4.78 is 12.8. The number of anilines is 2. The molecule has 0 bridgehead atoms. The Morgan fingerprint density at radius 2 is 1.91 bits per heavy atom. The zero-order chi connectivity index (χ0) is 15.9. The second-order valence-corrected chi connectivity index (χ2v) is 5.12. The molecule has 1 aromatic heterocycles. The van der Waals surface area contributed by atoms with Gasteiger partial charge in [0, 0.05) is 18.7 Å². The van der Waals surface area contributed by atoms with Crippen molar-refractivity contribution in [1.29, 1.82) is 0 Å². The summed E-state index contributed by atoms with van der Waals surface area (Å²) in [7, 11) is 4.02. The maximum atomic E-state index is 12.8. The van der Waals surface area contributed by atoms with Crippen LogP contribution in [0.1, 0.15) is 10.4 Å². The average Bonchev–Trinajstić information content (AvgIpc) is 2.49. The van der Waals surface area contributed by atoms with Gasteiger partial charge in [-0.2, -0.15) is 0 Å². The summed E-state index contributed by atoms with van der Waals surface area (Å²) in [4.78, 5) is 18.2. The molecule has 0 aliphatic rings. The molecule has 1 aromatic carbocycles. The van der Waals surface area contributed by atoms with Crippen molar-refractivity contribution in [3.63, 3.8) is 0 Å². The van der Waals surface area contributed by atoms with Crippen molar-refractivity contribution >= 4 is 17.4 Å². The number of likely N-dealkylation sites (N-methyl/N-ethyl adjacent to an activating group) is 1. The molecule has 116 valence electrons. The van der Waals surface area contributed by atoms with Gasteiger partial charge in [0.1, 0.15) is 11.6 Å². The van der Waals surface area contributed by atoms with Crippen LogP contribution in [0.25, 0.3) is 0 Å². The van der Waals surface area contributed by atoms with Crippen molar-refractivity contribution in [2.75, 3.05) is 37.8 Å². The third kappa shape index (κ3) is 4.82. The van der Waals surface area contributed by atoms with E-state index in [9.17, 15) is 9.18 Å². The van der Waals surface area contributed by atoms with Crippen LogP contribution in [0.5, 0.6) is 0 Å². The molecule has 0 saturated carbocycles. The lowest BCUT2D eigenvalue weighted by molar-refractivity contribution is 0.102. The Morgan fingerprint density at radius 3 is 2.50 bits per heavy atom. The molecule has 1 amide bonds. The van der Waals surface area contributed by atoms with E-state index < -0.39 is 0 Å². The minimum absolute atomic E-state index is 0.319. The molecule has 22 heavy (non-hydrogen) atoms. The zero-order valence-corrected chi connectivity index (χ0v) is 12.6. The molecule has 0 atom stereocenters. The number of carbonyl (C=O) groups is 1. The monoisotopic (exact) mass is 302 g/mol. The van der Waals surface area contributed by atoms with Crippen LogP contribution in [0.3, 0.4) is 0 Å². The Morgan fingerprint density at radius 1 is 1.18 bits per heavy atom. The van der Waals surface area contributed by atoms with E-state index in [0.29, 0.717) is 11.4 Å². The number of nitrogens with one attached hydrogen (secondary N) is 2. The van der Waals surface area contributed by atoms with Crippen molar-refractivity contribution < 1.29 is 9.18 Å². The van der Waals surface area contributed by atoms with Crippen LogP contribution in [0.4, 0.5) is 15.9 Å². The van der Waals surface area contributed by atoms with E-state index in [0.717, 1.165) is 18.8 Å². The topological polar surface area (TPSA) is 57.3 Å². The van der Waals surface area contributed by atoms with Crippen LogP contribution in [-0.2, 0) is 0 Å². The Bertz CT molecular complexity index is 611. The minimum atomic E-state index is -0.372. The molecule has 0 aliphatic heterocycles. The van der Waals surface area contributed by atoms with Gasteiger partial charge >= 0.3 is 0 Å². The van der Waals surface area contributed by atoms with Gasteiger partial charge in [-0.15, -0.1) is 0 Å². The first-order chi connectivity index (χ1) is 10.5. The van der Waals surface area contributed by atoms with Crippen LogP contribution in [0, 0.1) is 5.82 Å². The first-order valence-corrected chi connectivity index (χ1v) is 6.96. The van der Waals surface area contributed by atoms with E-state index in [2.05, 4.69) is 20.5 Å². The zero-order valence-electron chi connectivity index (χ0n) is 12.6. The molecule has 6 heteroatoms. The number of carbonyl (C=O) groups excluding carboxylic acids is 1. The van der Waals surface area contributed by atoms with Crippen molar-refractivity contribution in [2.45, 2.75) is 0 Å². The largest absolute Gasteiger partial charge is 0.383 e. The molecular formula is C16H19FN4O. The van der Waals surface area contributed by atoms with Crippen LogP contribution < -0.4 is 10.6 Å². The molecular weight excluding hydrogens is 283 g/mol. The van der Waals surface area contributed by atoms with E-state index in [-0.39, 0.29) is 11.7 Å². The highest BCUT2D eigenvalue weighted by atomic mass is 19.1. The predicted octanol–water partition coefficient (Wildman–Crippen LogP) is 2.45. The molecule has 0 saturated heterocycles. The van der Waals surface area contributed by atoms with Crippen LogP contribution in [-0.4, -0.2) is 43.0 Å². The molecule has 2 rings (SSSR count). The second-order valence-electron chi connectivity index (χ2n) is 5.12. The van der Waals surface area contributed by atoms with Gasteiger partial charge < -0.3 is 15.5 Å². The van der Waals surface area contributed by atoms with Crippen molar-refractivity contribution in [3.8, 4) is 0 Å². The molecule has 0 aliphatic carbocycles. The molecule has 2 N–H and O–H groups in total. The lowest BCUT2D eigenvalue weighted by Gasteiger charge is -2.11. The number of rotatable bonds is 6. The fraction of sp³-hybridized carbons (Fsp3) is 0.250. The number of benzene rings is 1. The van der Waals surface area contributed by atoms with Crippen LogP contribution in [0.2, 0.25) is 0 Å². The molecule has 0 radical (unpaired) electrons. The van der Waals surface area contributed by atoms with Crippen molar-refractivity contribution in [3.05, 3.63) is 54.0 Å². The summed E-state index contributed by atoms with van der Waals surface area (Å²) in [6.45, 7) is 1.74. The number of hydrogen-bond acceptors (Lipinski definition) is 4. The molecule has 0 unspecified atom stereocenters. The number of amides is 1. The van der Waals surface area contributed by atoms with Crippen molar-refractivity contribution in [1.82, 2.24) is 9.88 Å². The Balaban J connectivity index is 1.90. The highest BCUT2D eigenvalue weighted by Gasteiger charge is 2.06. The van der Waals surface area contributed by atoms with E-state index in [1.807, 2.05) is 20.2 Å². The minimum Gasteiger partial charge on any atom is -0.383 e. The van der Waals surface area contributed by atoms with Gasteiger partial charge in [-0.3, -0.25) is 4.79 Å². The van der Waals surface area contributed by atoms with Gasteiger partial charge in [-0.25, -0.2) is 9.37 Å². The third-order valence-electron chi connectivity index (χ3n) is 3.00. The lowest BCUT2D eigenvalue weighted by atomic mass is 10.2. The van der Waals surface area contributed by atoms with E-state index in [1.54, 1.807) is 12.3 Å².